The summed E-state index contributed by atoms with van der Waals surface area (Å²) in [6.07, 6.45) is 1.91. The second-order valence-electron chi connectivity index (χ2n) is 8.28. The molecule has 32 heavy (non-hydrogen) atoms. The van der Waals surface area contributed by atoms with E-state index in [9.17, 15) is 18.8 Å². The molecule has 9 heteroatoms. The van der Waals surface area contributed by atoms with Crippen molar-refractivity contribution in [1.82, 2.24) is 5.32 Å². The first-order chi connectivity index (χ1) is 15.1. The number of anilines is 2. The Labute approximate surface area is 191 Å². The molecule has 3 N–H and O–H groups in total. The first-order valence-electron chi connectivity index (χ1n) is 10.5. The van der Waals surface area contributed by atoms with Crippen LogP contribution in [0.4, 0.5) is 20.6 Å². The van der Waals surface area contributed by atoms with Crippen LogP contribution in [-0.2, 0) is 20.9 Å². The van der Waals surface area contributed by atoms with Crippen LogP contribution < -0.4 is 16.0 Å². The number of hydrogen-bond donors (Lipinski definition) is 3. The molecule has 2 rings (SSSR count). The molecule has 0 saturated carbocycles. The first-order valence-corrected chi connectivity index (χ1v) is 11.4. The van der Waals surface area contributed by atoms with Crippen LogP contribution >= 0.6 is 11.3 Å². The van der Waals surface area contributed by atoms with E-state index in [1.165, 1.54) is 12.1 Å². The molecule has 0 radical (unpaired) electrons. The van der Waals surface area contributed by atoms with Gasteiger partial charge < -0.3 is 15.4 Å². The summed E-state index contributed by atoms with van der Waals surface area (Å²) in [7, 11) is 0. The molecule has 2 aromatic rings. The third-order valence-corrected chi connectivity index (χ3v) is 5.12. The lowest BCUT2D eigenvalue weighted by molar-refractivity contribution is -0.121. The van der Waals surface area contributed by atoms with Crippen molar-refractivity contribution in [3.8, 4) is 0 Å². The molecule has 1 heterocycles. The highest BCUT2D eigenvalue weighted by Gasteiger charge is 2.18. The number of amides is 3. The molecule has 0 unspecified atom stereocenters. The van der Waals surface area contributed by atoms with Gasteiger partial charge in [-0.3, -0.25) is 14.9 Å². The molecule has 0 saturated heterocycles. The molecule has 1 aromatic carbocycles. The lowest BCUT2D eigenvalue weighted by Crippen LogP contribution is -2.27. The highest BCUT2D eigenvalue weighted by atomic mass is 32.1. The quantitative estimate of drug-likeness (QED) is 0.409. The fourth-order valence-electron chi connectivity index (χ4n) is 2.79. The van der Waals surface area contributed by atoms with Gasteiger partial charge in [0, 0.05) is 17.7 Å². The molecule has 7 nitrogen and oxygen atoms in total. The van der Waals surface area contributed by atoms with E-state index < -0.39 is 17.5 Å². The molecule has 0 aliphatic heterocycles. The van der Waals surface area contributed by atoms with Crippen LogP contribution in [0.5, 0.6) is 0 Å². The van der Waals surface area contributed by atoms with Gasteiger partial charge in [0.05, 0.1) is 17.9 Å². The molecule has 3 amide bonds. The Morgan fingerprint density at radius 3 is 2.34 bits per heavy atom. The van der Waals surface area contributed by atoms with E-state index in [1.807, 2.05) is 17.5 Å². The molecular weight excluding hydrogens is 433 g/mol. The number of carbonyl (C=O) groups excluding carboxylic acids is 3. The highest BCUT2D eigenvalue weighted by molar-refractivity contribution is 7.09. The van der Waals surface area contributed by atoms with Gasteiger partial charge in [0.25, 0.3) is 0 Å². The van der Waals surface area contributed by atoms with Crippen molar-refractivity contribution in [2.45, 2.75) is 65.0 Å². The van der Waals surface area contributed by atoms with Crippen molar-refractivity contribution in [3.63, 3.8) is 0 Å². The fourth-order valence-corrected chi connectivity index (χ4v) is 3.43. The number of benzene rings is 1. The Morgan fingerprint density at radius 1 is 0.969 bits per heavy atom. The van der Waals surface area contributed by atoms with Crippen LogP contribution in [0.15, 0.2) is 35.7 Å². The average molecular weight is 464 g/mol. The van der Waals surface area contributed by atoms with Crippen LogP contribution in [0, 0.1) is 5.82 Å². The summed E-state index contributed by atoms with van der Waals surface area (Å²) >= 11 is 1.60. The van der Waals surface area contributed by atoms with E-state index in [4.69, 9.17) is 4.74 Å². The monoisotopic (exact) mass is 463 g/mol. The summed E-state index contributed by atoms with van der Waals surface area (Å²) in [6, 6.07) is 7.60. The summed E-state index contributed by atoms with van der Waals surface area (Å²) in [5.74, 6) is -0.853. The van der Waals surface area contributed by atoms with E-state index in [0.29, 0.717) is 32.2 Å². The van der Waals surface area contributed by atoms with Crippen LogP contribution in [0.2, 0.25) is 0 Å². The molecule has 0 fully saturated rings. The number of halogens is 1. The molecule has 1 aromatic heterocycles. The summed E-state index contributed by atoms with van der Waals surface area (Å²) in [4.78, 5) is 37.2. The van der Waals surface area contributed by atoms with Gasteiger partial charge in [-0.25, -0.2) is 9.18 Å². The van der Waals surface area contributed by atoms with E-state index in [2.05, 4.69) is 16.0 Å². The first kappa shape index (κ1) is 25.3. The smallest absolute Gasteiger partial charge is 0.412 e. The lowest BCUT2D eigenvalue weighted by atomic mass is 10.1. The number of thiophene rings is 1. The molecule has 0 atom stereocenters. The Kier molecular flexibility index (Phi) is 9.64. The number of carbonyl (C=O) groups is 3. The third kappa shape index (κ3) is 9.91. The standard InChI is InChI=1S/C23H30FN3O4S/c1-23(2,3)31-22(30)27-18-12-11-16(24)14-19(18)26-21(29)10-6-4-5-9-20(28)25-15-17-8-7-13-32-17/h7-8,11-14H,4-6,9-10,15H2,1-3H3,(H,25,28)(H,26,29)(H,27,30). The molecule has 0 aliphatic carbocycles. The summed E-state index contributed by atoms with van der Waals surface area (Å²) in [6.45, 7) is 5.72. The van der Waals surface area contributed by atoms with E-state index in [0.717, 1.165) is 10.9 Å². The van der Waals surface area contributed by atoms with Gasteiger partial charge in [0.1, 0.15) is 11.4 Å². The zero-order chi connectivity index (χ0) is 23.6. The second-order valence-corrected chi connectivity index (χ2v) is 9.31. The Morgan fingerprint density at radius 2 is 1.69 bits per heavy atom. The minimum absolute atomic E-state index is 0.0135. The van der Waals surface area contributed by atoms with Crippen molar-refractivity contribution in [1.29, 1.82) is 0 Å². The van der Waals surface area contributed by atoms with Crippen molar-refractivity contribution in [2.24, 2.45) is 0 Å². The van der Waals surface area contributed by atoms with Gasteiger partial charge in [-0.1, -0.05) is 12.5 Å². The molecule has 0 spiro atoms. The zero-order valence-corrected chi connectivity index (χ0v) is 19.4. The minimum atomic E-state index is -0.697. The number of unbranched alkanes of at least 4 members (excludes halogenated alkanes) is 2. The van der Waals surface area contributed by atoms with Gasteiger partial charge in [0.15, 0.2) is 0 Å². The van der Waals surface area contributed by atoms with Gasteiger partial charge >= 0.3 is 6.09 Å². The third-order valence-electron chi connectivity index (χ3n) is 4.24. The molecule has 174 valence electrons. The van der Waals surface area contributed by atoms with Gasteiger partial charge in [-0.2, -0.15) is 0 Å². The van der Waals surface area contributed by atoms with Gasteiger partial charge in [0.2, 0.25) is 11.8 Å². The normalized spacial score (nSPS) is 11.0. The largest absolute Gasteiger partial charge is 0.444 e. The van der Waals surface area contributed by atoms with E-state index in [-0.39, 0.29) is 29.6 Å². The van der Waals surface area contributed by atoms with Crippen molar-refractivity contribution in [3.05, 3.63) is 46.4 Å². The molecular formula is C23H30FN3O4S. The maximum Gasteiger partial charge on any atom is 0.412 e. The molecule has 0 aliphatic rings. The van der Waals surface area contributed by atoms with Crippen molar-refractivity contribution < 1.29 is 23.5 Å². The SMILES string of the molecule is CC(C)(C)OC(=O)Nc1ccc(F)cc1NC(=O)CCCCCC(=O)NCc1cccs1. The number of hydrogen-bond acceptors (Lipinski definition) is 5. The summed E-state index contributed by atoms with van der Waals surface area (Å²) in [5, 5.41) is 9.99. The van der Waals surface area contributed by atoms with Gasteiger partial charge in [-0.05, 0) is 63.3 Å². The Hall–Kier alpha value is -2.94. The van der Waals surface area contributed by atoms with Crippen molar-refractivity contribution in [2.75, 3.05) is 10.6 Å². The highest BCUT2D eigenvalue weighted by Crippen LogP contribution is 2.24. The van der Waals surface area contributed by atoms with Gasteiger partial charge in [-0.15, -0.1) is 11.3 Å². The van der Waals surface area contributed by atoms with Crippen molar-refractivity contribution >= 4 is 40.6 Å². The van der Waals surface area contributed by atoms with E-state index in [1.54, 1.807) is 32.1 Å². The maximum atomic E-state index is 13.7. The van der Waals surface area contributed by atoms with E-state index >= 15 is 0 Å². The van der Waals surface area contributed by atoms with Crippen LogP contribution in [0.1, 0.15) is 57.8 Å². The van der Waals surface area contributed by atoms with Crippen LogP contribution in [0.3, 0.4) is 0 Å². The number of ether oxygens (including phenoxy) is 1. The van der Waals surface area contributed by atoms with Crippen LogP contribution in [-0.4, -0.2) is 23.5 Å². The summed E-state index contributed by atoms with van der Waals surface area (Å²) in [5.41, 5.74) is -0.279. The second kappa shape index (κ2) is 12.2. The Bertz CT molecular complexity index is 910. The Balaban J connectivity index is 1.72. The predicted octanol–water partition coefficient (Wildman–Crippen LogP) is 5.44. The lowest BCUT2D eigenvalue weighted by Gasteiger charge is -2.20. The number of rotatable bonds is 10. The zero-order valence-electron chi connectivity index (χ0n) is 18.6. The number of nitrogens with one attached hydrogen (secondary N) is 3. The maximum absolute atomic E-state index is 13.7. The molecule has 0 bridgehead atoms. The average Bonchev–Trinajstić information content (AvgIpc) is 3.20. The summed E-state index contributed by atoms with van der Waals surface area (Å²) < 4.78 is 18.8. The predicted molar refractivity (Wildman–Crippen MR) is 124 cm³/mol. The topological polar surface area (TPSA) is 96.5 Å². The van der Waals surface area contributed by atoms with Crippen LogP contribution in [0.25, 0.3) is 0 Å². The fraction of sp³-hybridized carbons (Fsp3) is 0.435. The minimum Gasteiger partial charge on any atom is -0.444 e.